The number of aromatic nitrogens is 2. The Morgan fingerprint density at radius 3 is 2.58 bits per heavy atom. The number of guanidine groups is 1. The molecule has 0 saturated carbocycles. The number of carbonyl (C=O) groups excluding carboxylic acids is 1. The molecule has 0 radical (unpaired) electrons. The van der Waals surface area contributed by atoms with E-state index in [0.29, 0.717) is 6.42 Å². The van der Waals surface area contributed by atoms with Gasteiger partial charge in [-0.1, -0.05) is 12.8 Å². The molecule has 7 heteroatoms. The highest BCUT2D eigenvalue weighted by atomic mass is 16.6. The van der Waals surface area contributed by atoms with Gasteiger partial charge in [0, 0.05) is 52.4 Å². The van der Waals surface area contributed by atoms with Gasteiger partial charge in [-0.3, -0.25) is 14.5 Å². The second-order valence-corrected chi connectivity index (χ2v) is 7.60. The highest BCUT2D eigenvalue weighted by Crippen LogP contribution is 2.11. The number of hydrogen-bond donors (Lipinski definition) is 1. The van der Waals surface area contributed by atoms with Gasteiger partial charge in [0.2, 0.25) is 0 Å². The van der Waals surface area contributed by atoms with E-state index >= 15 is 0 Å². The lowest BCUT2D eigenvalue weighted by Gasteiger charge is -2.21. The van der Waals surface area contributed by atoms with Gasteiger partial charge in [-0.2, -0.15) is 5.10 Å². The van der Waals surface area contributed by atoms with E-state index in [4.69, 9.17) is 4.74 Å². The fourth-order valence-corrected chi connectivity index (χ4v) is 2.63. The van der Waals surface area contributed by atoms with Gasteiger partial charge in [0.05, 0.1) is 6.20 Å². The van der Waals surface area contributed by atoms with E-state index in [9.17, 15) is 4.79 Å². The Morgan fingerprint density at radius 1 is 1.31 bits per heavy atom. The molecule has 0 amide bonds. The van der Waals surface area contributed by atoms with E-state index in [1.807, 2.05) is 47.3 Å². The second-order valence-electron chi connectivity index (χ2n) is 7.60. The zero-order chi connectivity index (χ0) is 19.6. The fraction of sp³-hybridized carbons (Fsp3) is 0.737. The van der Waals surface area contributed by atoms with Gasteiger partial charge >= 0.3 is 5.97 Å². The molecule has 0 aliphatic heterocycles. The first-order chi connectivity index (χ1) is 12.2. The molecule has 26 heavy (non-hydrogen) atoms. The van der Waals surface area contributed by atoms with Crippen LogP contribution in [0.5, 0.6) is 0 Å². The highest BCUT2D eigenvalue weighted by molar-refractivity contribution is 5.79. The zero-order valence-corrected chi connectivity index (χ0v) is 17.2. The predicted molar refractivity (Wildman–Crippen MR) is 105 cm³/mol. The molecule has 148 valence electrons. The lowest BCUT2D eigenvalue weighted by atomic mass is 10.1. The van der Waals surface area contributed by atoms with Crippen molar-refractivity contribution in [3.05, 3.63) is 18.0 Å². The molecular formula is C19H35N5O2. The lowest BCUT2D eigenvalue weighted by Crippen LogP contribution is -2.38. The van der Waals surface area contributed by atoms with E-state index in [-0.39, 0.29) is 5.97 Å². The van der Waals surface area contributed by atoms with Crippen molar-refractivity contribution in [1.82, 2.24) is 20.0 Å². The minimum Gasteiger partial charge on any atom is -0.460 e. The van der Waals surface area contributed by atoms with E-state index in [2.05, 4.69) is 20.3 Å². The standard InChI is InChI=1S/C19H35N5O2/c1-19(2,3)26-17(25)11-9-7-8-10-12-21-18(20-4)23(5)14-16-13-22-24(6)15-16/h13,15H,7-12,14H2,1-6H3,(H,20,21). The molecular weight excluding hydrogens is 330 g/mol. The highest BCUT2D eigenvalue weighted by Gasteiger charge is 2.15. The summed E-state index contributed by atoms with van der Waals surface area (Å²) in [5, 5.41) is 7.57. The number of aryl methyl sites for hydroxylation is 1. The number of unbranched alkanes of at least 4 members (excludes halogenated alkanes) is 3. The van der Waals surface area contributed by atoms with Crippen molar-refractivity contribution in [2.45, 2.75) is 65.0 Å². The van der Waals surface area contributed by atoms with Crippen LogP contribution < -0.4 is 5.32 Å². The Morgan fingerprint density at radius 2 is 2.00 bits per heavy atom. The molecule has 0 aliphatic carbocycles. The number of carbonyl (C=O) groups is 1. The van der Waals surface area contributed by atoms with Crippen molar-refractivity contribution in [1.29, 1.82) is 0 Å². The quantitative estimate of drug-likeness (QED) is 0.315. The van der Waals surface area contributed by atoms with Gasteiger partial charge in [0.1, 0.15) is 5.60 Å². The van der Waals surface area contributed by atoms with Crippen LogP contribution in [0.3, 0.4) is 0 Å². The number of esters is 1. The normalized spacial score (nSPS) is 12.2. The molecule has 0 unspecified atom stereocenters. The summed E-state index contributed by atoms with van der Waals surface area (Å²) in [5.74, 6) is 0.774. The van der Waals surface area contributed by atoms with Crippen LogP contribution in [0.1, 0.15) is 58.4 Å². The van der Waals surface area contributed by atoms with Crippen LogP contribution in [0.25, 0.3) is 0 Å². The van der Waals surface area contributed by atoms with E-state index in [0.717, 1.165) is 50.3 Å². The van der Waals surface area contributed by atoms with Crippen LogP contribution in [0.15, 0.2) is 17.4 Å². The molecule has 0 aliphatic rings. The van der Waals surface area contributed by atoms with Crippen molar-refractivity contribution in [2.75, 3.05) is 20.6 Å². The Labute approximate surface area is 157 Å². The van der Waals surface area contributed by atoms with Crippen LogP contribution in [-0.4, -0.2) is 52.9 Å². The number of aliphatic imine (C=N–C) groups is 1. The first-order valence-electron chi connectivity index (χ1n) is 9.32. The molecule has 0 aromatic carbocycles. The van der Waals surface area contributed by atoms with Gasteiger partial charge in [0.25, 0.3) is 0 Å². The summed E-state index contributed by atoms with van der Waals surface area (Å²) in [6, 6.07) is 0. The zero-order valence-electron chi connectivity index (χ0n) is 17.2. The van der Waals surface area contributed by atoms with Crippen molar-refractivity contribution >= 4 is 11.9 Å². The smallest absolute Gasteiger partial charge is 0.306 e. The predicted octanol–water partition coefficient (Wildman–Crippen LogP) is 2.72. The molecule has 1 rings (SSSR count). The summed E-state index contributed by atoms with van der Waals surface area (Å²) in [6.07, 6.45) is 8.42. The molecule has 1 aromatic rings. The topological polar surface area (TPSA) is 71.8 Å². The molecule has 0 atom stereocenters. The Kier molecular flexibility index (Phi) is 9.16. The molecule has 0 fully saturated rings. The number of nitrogens with zero attached hydrogens (tertiary/aromatic N) is 4. The Bertz CT molecular complexity index is 575. The minimum atomic E-state index is -0.390. The van der Waals surface area contributed by atoms with Crippen LogP contribution in [0.2, 0.25) is 0 Å². The maximum Gasteiger partial charge on any atom is 0.306 e. The Hall–Kier alpha value is -2.05. The maximum atomic E-state index is 11.6. The van der Waals surface area contributed by atoms with Crippen molar-refractivity contribution in [3.8, 4) is 0 Å². The third-order valence-electron chi connectivity index (χ3n) is 3.76. The second kappa shape index (κ2) is 10.8. The van der Waals surface area contributed by atoms with E-state index in [1.165, 1.54) is 0 Å². The molecule has 0 spiro atoms. The number of nitrogens with one attached hydrogen (secondary N) is 1. The average molecular weight is 366 g/mol. The number of hydrogen-bond acceptors (Lipinski definition) is 4. The molecule has 1 heterocycles. The molecule has 0 bridgehead atoms. The van der Waals surface area contributed by atoms with Crippen molar-refractivity contribution in [2.24, 2.45) is 12.0 Å². The monoisotopic (exact) mass is 365 g/mol. The molecule has 1 aromatic heterocycles. The Balaban J connectivity index is 2.14. The van der Waals surface area contributed by atoms with Gasteiger partial charge < -0.3 is 15.0 Å². The summed E-state index contributed by atoms with van der Waals surface area (Å²) in [5.41, 5.74) is 0.763. The maximum absolute atomic E-state index is 11.6. The summed E-state index contributed by atoms with van der Waals surface area (Å²) in [4.78, 5) is 18.0. The molecule has 0 saturated heterocycles. The first-order valence-corrected chi connectivity index (χ1v) is 9.32. The van der Waals surface area contributed by atoms with Crippen LogP contribution in [-0.2, 0) is 23.1 Å². The van der Waals surface area contributed by atoms with E-state index < -0.39 is 5.60 Å². The van der Waals surface area contributed by atoms with Crippen LogP contribution in [0, 0.1) is 0 Å². The van der Waals surface area contributed by atoms with Crippen molar-refractivity contribution < 1.29 is 9.53 Å². The SMILES string of the molecule is CN=C(NCCCCCCC(=O)OC(C)(C)C)N(C)Cc1cnn(C)c1. The summed E-state index contributed by atoms with van der Waals surface area (Å²) < 4.78 is 7.11. The summed E-state index contributed by atoms with van der Waals surface area (Å²) in [7, 11) is 5.73. The van der Waals surface area contributed by atoms with Gasteiger partial charge in [-0.05, 0) is 33.6 Å². The van der Waals surface area contributed by atoms with Gasteiger partial charge in [-0.25, -0.2) is 0 Å². The fourth-order valence-electron chi connectivity index (χ4n) is 2.63. The number of ether oxygens (including phenoxy) is 1. The lowest BCUT2D eigenvalue weighted by molar-refractivity contribution is -0.154. The van der Waals surface area contributed by atoms with Crippen LogP contribution in [0.4, 0.5) is 0 Å². The van der Waals surface area contributed by atoms with Crippen LogP contribution >= 0.6 is 0 Å². The minimum absolute atomic E-state index is 0.104. The van der Waals surface area contributed by atoms with Gasteiger partial charge in [-0.15, -0.1) is 0 Å². The third kappa shape index (κ3) is 9.44. The molecule has 1 N–H and O–H groups in total. The summed E-state index contributed by atoms with van der Waals surface area (Å²) >= 11 is 0. The van der Waals surface area contributed by atoms with Crippen molar-refractivity contribution in [3.63, 3.8) is 0 Å². The average Bonchev–Trinajstić information content (AvgIpc) is 2.93. The number of rotatable bonds is 9. The largest absolute Gasteiger partial charge is 0.460 e. The molecule has 7 nitrogen and oxygen atoms in total. The van der Waals surface area contributed by atoms with E-state index in [1.54, 1.807) is 11.7 Å². The summed E-state index contributed by atoms with van der Waals surface area (Å²) in [6.45, 7) is 7.33. The third-order valence-corrected chi connectivity index (χ3v) is 3.76. The van der Waals surface area contributed by atoms with Gasteiger partial charge in [0.15, 0.2) is 5.96 Å². The first kappa shape index (κ1) is 22.0.